The van der Waals surface area contributed by atoms with Crippen molar-refractivity contribution in [2.45, 2.75) is 12.2 Å². The summed E-state index contributed by atoms with van der Waals surface area (Å²) in [5, 5.41) is 9.76. The highest BCUT2D eigenvalue weighted by Gasteiger charge is 2.38. The molecule has 0 radical (unpaired) electrons. The fourth-order valence-electron chi connectivity index (χ4n) is 4.13. The van der Waals surface area contributed by atoms with Crippen LogP contribution in [0.4, 0.5) is 0 Å². The maximum Gasteiger partial charge on any atom is 0.336 e. The second kappa shape index (κ2) is 10.2. The van der Waals surface area contributed by atoms with Gasteiger partial charge in [-0.15, -0.1) is 0 Å². The van der Waals surface area contributed by atoms with E-state index in [4.69, 9.17) is 14.2 Å². The zero-order valence-corrected chi connectivity index (χ0v) is 19.1. The van der Waals surface area contributed by atoms with Crippen LogP contribution in [0.5, 0.6) is 11.5 Å². The Bertz CT molecular complexity index is 1200. The largest absolute Gasteiger partial charge is 0.497 e. The Kier molecular flexibility index (Phi) is 6.95. The van der Waals surface area contributed by atoms with E-state index in [1.165, 1.54) is 0 Å². The normalized spacial score (nSPS) is 11.1. The average Bonchev–Trinajstić information content (AvgIpc) is 2.90. The molecular formula is C29H26O5. The van der Waals surface area contributed by atoms with E-state index in [2.05, 4.69) is 0 Å². The Labute approximate surface area is 199 Å². The van der Waals surface area contributed by atoms with Gasteiger partial charge in [-0.1, -0.05) is 72.8 Å². The molecular weight excluding hydrogens is 428 g/mol. The van der Waals surface area contributed by atoms with Gasteiger partial charge in [0, 0.05) is 0 Å². The lowest BCUT2D eigenvalue weighted by molar-refractivity contribution is -0.000397. The van der Waals surface area contributed by atoms with Gasteiger partial charge >= 0.3 is 5.97 Å². The lowest BCUT2D eigenvalue weighted by atomic mass is 9.80. The van der Waals surface area contributed by atoms with Crippen LogP contribution in [0, 0.1) is 0 Å². The predicted octanol–water partition coefficient (Wildman–Crippen LogP) is 5.91. The van der Waals surface area contributed by atoms with Crippen molar-refractivity contribution in [3.8, 4) is 11.5 Å². The maximum atomic E-state index is 11.9. The topological polar surface area (TPSA) is 65.0 Å². The first-order valence-electron chi connectivity index (χ1n) is 10.9. The summed E-state index contributed by atoms with van der Waals surface area (Å²) in [5.74, 6) is 0.286. The van der Waals surface area contributed by atoms with Crippen LogP contribution in [0.1, 0.15) is 32.6 Å². The lowest BCUT2D eigenvalue weighted by Gasteiger charge is -2.36. The first-order chi connectivity index (χ1) is 16.6. The van der Waals surface area contributed by atoms with E-state index in [1.807, 2.05) is 84.9 Å². The Morgan fingerprint density at radius 1 is 0.706 bits per heavy atom. The van der Waals surface area contributed by atoms with Crippen molar-refractivity contribution < 1.29 is 24.1 Å². The number of benzene rings is 4. The Morgan fingerprint density at radius 3 is 1.71 bits per heavy atom. The van der Waals surface area contributed by atoms with Crippen molar-refractivity contribution in [2.24, 2.45) is 0 Å². The van der Waals surface area contributed by atoms with E-state index in [0.29, 0.717) is 11.3 Å². The minimum atomic E-state index is -1.02. The highest BCUT2D eigenvalue weighted by molar-refractivity contribution is 5.89. The highest BCUT2D eigenvalue weighted by Crippen LogP contribution is 2.42. The number of carbonyl (C=O) groups is 1. The zero-order valence-electron chi connectivity index (χ0n) is 19.1. The number of rotatable bonds is 9. The molecule has 0 amide bonds. The molecule has 0 saturated carbocycles. The van der Waals surface area contributed by atoms with E-state index < -0.39 is 11.6 Å². The van der Waals surface area contributed by atoms with Gasteiger partial charge in [-0.3, -0.25) is 0 Å². The van der Waals surface area contributed by atoms with Crippen LogP contribution in [0.3, 0.4) is 0 Å². The van der Waals surface area contributed by atoms with E-state index in [1.54, 1.807) is 32.4 Å². The Morgan fingerprint density at radius 2 is 1.21 bits per heavy atom. The summed E-state index contributed by atoms with van der Waals surface area (Å²) in [4.78, 5) is 11.9. The van der Waals surface area contributed by atoms with Crippen LogP contribution >= 0.6 is 0 Å². The maximum absolute atomic E-state index is 11.9. The number of ether oxygens (including phenoxy) is 3. The van der Waals surface area contributed by atoms with E-state index in [-0.39, 0.29) is 12.2 Å². The number of aromatic carboxylic acids is 1. The molecule has 0 fully saturated rings. The van der Waals surface area contributed by atoms with Crippen molar-refractivity contribution in [1.82, 2.24) is 0 Å². The molecule has 4 aromatic carbocycles. The monoisotopic (exact) mass is 454 g/mol. The third-order valence-corrected chi connectivity index (χ3v) is 5.84. The molecule has 0 spiro atoms. The smallest absolute Gasteiger partial charge is 0.336 e. The number of carboxylic acids is 1. The van der Waals surface area contributed by atoms with Crippen molar-refractivity contribution in [3.05, 3.63) is 131 Å². The minimum absolute atomic E-state index is 0.0502. The molecule has 0 aliphatic heterocycles. The molecule has 5 nitrogen and oxygen atoms in total. The summed E-state index contributed by atoms with van der Waals surface area (Å²) in [6.45, 7) is 0.0502. The summed E-state index contributed by atoms with van der Waals surface area (Å²) in [6.07, 6.45) is 0. The number of hydrogen-bond donors (Lipinski definition) is 1. The molecule has 4 rings (SSSR count). The van der Waals surface area contributed by atoms with Crippen LogP contribution in [0.25, 0.3) is 0 Å². The molecule has 0 heterocycles. The molecule has 1 N–H and O–H groups in total. The summed E-state index contributed by atoms with van der Waals surface area (Å²) >= 11 is 0. The van der Waals surface area contributed by atoms with Crippen molar-refractivity contribution in [2.75, 3.05) is 14.2 Å². The standard InChI is InChI=1S/C29H26O5/c1-32-25-15-13-24(14-16-25)29(22-9-5-3-6-10-22,23-11-7-4-8-12-23)34-20-21-19-26(33-2)17-18-27(21)28(30)31/h3-19H,20H2,1-2H3,(H,30,31). The second-order valence-electron chi connectivity index (χ2n) is 7.76. The van der Waals surface area contributed by atoms with Gasteiger partial charge in [0.25, 0.3) is 0 Å². The van der Waals surface area contributed by atoms with Crippen LogP contribution in [0.2, 0.25) is 0 Å². The molecule has 34 heavy (non-hydrogen) atoms. The molecule has 4 aromatic rings. The van der Waals surface area contributed by atoms with E-state index >= 15 is 0 Å². The minimum Gasteiger partial charge on any atom is -0.497 e. The third-order valence-electron chi connectivity index (χ3n) is 5.84. The summed E-state index contributed by atoms with van der Waals surface area (Å²) in [5.41, 5.74) is 2.44. The molecule has 0 atom stereocenters. The van der Waals surface area contributed by atoms with Gasteiger partial charge in [-0.05, 0) is 52.6 Å². The summed E-state index contributed by atoms with van der Waals surface area (Å²) < 4.78 is 17.5. The lowest BCUT2D eigenvalue weighted by Crippen LogP contribution is -2.33. The van der Waals surface area contributed by atoms with E-state index in [0.717, 1.165) is 22.4 Å². The van der Waals surface area contributed by atoms with Crippen molar-refractivity contribution in [1.29, 1.82) is 0 Å². The highest BCUT2D eigenvalue weighted by atomic mass is 16.5. The molecule has 0 aliphatic rings. The average molecular weight is 455 g/mol. The van der Waals surface area contributed by atoms with Gasteiger partial charge in [0.1, 0.15) is 17.1 Å². The fourth-order valence-corrected chi connectivity index (χ4v) is 4.13. The third kappa shape index (κ3) is 4.51. The Hall–Kier alpha value is -4.09. The Balaban J connectivity index is 1.90. The van der Waals surface area contributed by atoms with Gasteiger partial charge in [-0.2, -0.15) is 0 Å². The quantitative estimate of drug-likeness (QED) is 0.319. The van der Waals surface area contributed by atoms with Crippen LogP contribution < -0.4 is 9.47 Å². The molecule has 0 bridgehead atoms. The van der Waals surface area contributed by atoms with Gasteiger partial charge in [-0.25, -0.2) is 4.79 Å². The van der Waals surface area contributed by atoms with Crippen LogP contribution in [0.15, 0.2) is 103 Å². The SMILES string of the molecule is COc1ccc(C(OCc2cc(OC)ccc2C(=O)O)(c2ccccc2)c2ccccc2)cc1. The van der Waals surface area contributed by atoms with Crippen molar-refractivity contribution >= 4 is 5.97 Å². The molecule has 5 heteroatoms. The van der Waals surface area contributed by atoms with Gasteiger partial charge in [0.05, 0.1) is 26.4 Å². The number of carboxylic acid groups (broad SMARTS) is 1. The molecule has 0 aliphatic carbocycles. The van der Waals surface area contributed by atoms with E-state index in [9.17, 15) is 9.90 Å². The van der Waals surface area contributed by atoms with Gasteiger partial charge in [0.15, 0.2) is 0 Å². The molecule has 0 unspecified atom stereocenters. The van der Waals surface area contributed by atoms with Gasteiger partial charge < -0.3 is 19.3 Å². The van der Waals surface area contributed by atoms with Crippen molar-refractivity contribution in [3.63, 3.8) is 0 Å². The van der Waals surface area contributed by atoms with Crippen LogP contribution in [-0.2, 0) is 16.9 Å². The fraction of sp³-hybridized carbons (Fsp3) is 0.138. The number of methoxy groups -OCH3 is 2. The summed E-state index contributed by atoms with van der Waals surface area (Å²) in [7, 11) is 3.18. The van der Waals surface area contributed by atoms with Gasteiger partial charge in [0.2, 0.25) is 0 Å². The zero-order chi connectivity index (χ0) is 24.0. The predicted molar refractivity (Wildman–Crippen MR) is 131 cm³/mol. The molecule has 172 valence electrons. The molecule has 0 saturated heterocycles. The van der Waals surface area contributed by atoms with Crippen LogP contribution in [-0.4, -0.2) is 25.3 Å². The molecule has 0 aromatic heterocycles. The number of hydrogen-bond acceptors (Lipinski definition) is 4. The second-order valence-corrected chi connectivity index (χ2v) is 7.76. The first-order valence-corrected chi connectivity index (χ1v) is 10.9. The summed E-state index contributed by atoms with van der Waals surface area (Å²) in [6, 6.07) is 32.5. The first kappa shape index (κ1) is 23.1.